The van der Waals surface area contributed by atoms with E-state index in [1.165, 1.54) is 25.7 Å². The van der Waals surface area contributed by atoms with Crippen molar-refractivity contribution in [3.05, 3.63) is 0 Å². The Bertz CT molecular complexity index is 524. The molecule has 0 spiro atoms. The molecule has 0 fully saturated rings. The number of unbranched alkanes of at least 4 members (excludes halogenated alkanes) is 8. The van der Waals surface area contributed by atoms with Crippen molar-refractivity contribution in [3.63, 3.8) is 0 Å². The topological polar surface area (TPSA) is 44.8 Å². The standard InChI is InChI=1S/C28H47BrO4/c1-3-5-7-9-12-19-25-32-28(33-26-20-13-10-8-6-4-2)22-16-15-21-27(30)31-24-18-14-11-17-23-29/h28H,3-8,11,14-26H2,1-2H3. The van der Waals surface area contributed by atoms with E-state index in [-0.39, 0.29) is 12.3 Å². The van der Waals surface area contributed by atoms with E-state index in [2.05, 4.69) is 53.5 Å². The molecule has 0 unspecified atom stereocenters. The van der Waals surface area contributed by atoms with Gasteiger partial charge in [0.05, 0.1) is 19.8 Å². The van der Waals surface area contributed by atoms with Gasteiger partial charge in [0.1, 0.15) is 0 Å². The van der Waals surface area contributed by atoms with Gasteiger partial charge in [0.15, 0.2) is 6.29 Å². The summed E-state index contributed by atoms with van der Waals surface area (Å²) in [6.45, 7) is 6.03. The Balaban J connectivity index is 4.09. The third-order valence-corrected chi connectivity index (χ3v) is 5.54. The minimum Gasteiger partial charge on any atom is -0.466 e. The van der Waals surface area contributed by atoms with Gasteiger partial charge in [-0.15, -0.1) is 23.7 Å². The van der Waals surface area contributed by atoms with E-state index in [9.17, 15) is 4.79 Å². The molecular formula is C28H47BrO4. The maximum atomic E-state index is 11.9. The van der Waals surface area contributed by atoms with E-state index >= 15 is 0 Å². The summed E-state index contributed by atoms with van der Waals surface area (Å²) in [6.07, 6.45) is 15.1. The molecule has 0 aliphatic rings. The second kappa shape index (κ2) is 27.2. The molecule has 4 nitrogen and oxygen atoms in total. The number of hydrogen-bond acceptors (Lipinski definition) is 4. The van der Waals surface area contributed by atoms with Gasteiger partial charge in [0.2, 0.25) is 0 Å². The monoisotopic (exact) mass is 526 g/mol. The maximum Gasteiger partial charge on any atom is 0.305 e. The van der Waals surface area contributed by atoms with Crippen LogP contribution in [0.15, 0.2) is 0 Å². The molecule has 0 amide bonds. The third-order valence-electron chi connectivity index (χ3n) is 4.98. The molecule has 0 aliphatic heterocycles. The van der Waals surface area contributed by atoms with Crippen molar-refractivity contribution in [1.29, 1.82) is 0 Å². The molecule has 0 N–H and O–H groups in total. The van der Waals surface area contributed by atoms with Crippen LogP contribution in [0, 0.1) is 23.7 Å². The highest BCUT2D eigenvalue weighted by molar-refractivity contribution is 9.09. The lowest BCUT2D eigenvalue weighted by Crippen LogP contribution is -2.19. The molecule has 33 heavy (non-hydrogen) atoms. The second-order valence-electron chi connectivity index (χ2n) is 8.15. The van der Waals surface area contributed by atoms with E-state index < -0.39 is 0 Å². The van der Waals surface area contributed by atoms with Gasteiger partial charge in [-0.2, -0.15) is 0 Å². The van der Waals surface area contributed by atoms with Crippen LogP contribution >= 0.6 is 15.9 Å². The van der Waals surface area contributed by atoms with Crippen molar-refractivity contribution in [2.45, 2.75) is 123 Å². The highest BCUT2D eigenvalue weighted by atomic mass is 79.9. The van der Waals surface area contributed by atoms with Gasteiger partial charge in [0.25, 0.3) is 0 Å². The van der Waals surface area contributed by atoms with Gasteiger partial charge in [0, 0.05) is 37.4 Å². The molecule has 0 saturated heterocycles. The highest BCUT2D eigenvalue weighted by Crippen LogP contribution is 2.11. The Kier molecular flexibility index (Phi) is 26.4. The minimum absolute atomic E-state index is 0.0985. The highest BCUT2D eigenvalue weighted by Gasteiger charge is 2.10. The third kappa shape index (κ3) is 25.5. The lowest BCUT2D eigenvalue weighted by atomic mass is 10.2. The number of carbonyl (C=O) groups excluding carboxylic acids is 1. The zero-order valence-corrected chi connectivity index (χ0v) is 22.8. The molecule has 0 radical (unpaired) electrons. The first-order valence-electron chi connectivity index (χ1n) is 13.1. The predicted molar refractivity (Wildman–Crippen MR) is 141 cm³/mol. The van der Waals surface area contributed by atoms with Gasteiger partial charge in [-0.1, -0.05) is 55.5 Å². The molecule has 0 atom stereocenters. The first kappa shape index (κ1) is 32.0. The number of hydrogen-bond donors (Lipinski definition) is 0. The Labute approximate surface area is 212 Å². The Hall–Kier alpha value is -1.01. The summed E-state index contributed by atoms with van der Waals surface area (Å²) >= 11 is 3.43. The zero-order chi connectivity index (χ0) is 24.2. The van der Waals surface area contributed by atoms with Crippen LogP contribution in [-0.2, 0) is 19.0 Å². The molecule has 0 saturated carbocycles. The van der Waals surface area contributed by atoms with Crippen molar-refractivity contribution in [2.24, 2.45) is 0 Å². The first-order valence-corrected chi connectivity index (χ1v) is 14.2. The summed E-state index contributed by atoms with van der Waals surface area (Å²) in [7, 11) is 0. The van der Waals surface area contributed by atoms with E-state index in [0.717, 1.165) is 76.0 Å². The fourth-order valence-corrected chi connectivity index (χ4v) is 3.37. The molecule has 0 aromatic heterocycles. The lowest BCUT2D eigenvalue weighted by Gasteiger charge is -2.17. The van der Waals surface area contributed by atoms with Crippen LogP contribution < -0.4 is 0 Å². The number of esters is 1. The van der Waals surface area contributed by atoms with Crippen LogP contribution in [0.4, 0.5) is 0 Å². The summed E-state index contributed by atoms with van der Waals surface area (Å²) in [5, 5.41) is 1.04. The summed E-state index contributed by atoms with van der Waals surface area (Å²) in [5.41, 5.74) is 0. The minimum atomic E-state index is -0.259. The van der Waals surface area contributed by atoms with Gasteiger partial charge < -0.3 is 14.2 Å². The SMILES string of the molecule is CCCCC#CCCOC(CCCCC(=O)OCCCCCCBr)OCCC#CCCCC. The van der Waals surface area contributed by atoms with E-state index in [0.29, 0.717) is 26.2 Å². The van der Waals surface area contributed by atoms with Gasteiger partial charge in [-0.05, 0) is 44.9 Å². The number of alkyl halides is 1. The number of rotatable bonds is 21. The number of halogens is 1. The maximum absolute atomic E-state index is 11.9. The average Bonchev–Trinajstić information content (AvgIpc) is 2.82. The summed E-state index contributed by atoms with van der Waals surface area (Å²) in [5.74, 6) is 12.6. The van der Waals surface area contributed by atoms with Crippen LogP contribution in [-0.4, -0.2) is 37.4 Å². The van der Waals surface area contributed by atoms with Crippen molar-refractivity contribution in [3.8, 4) is 23.7 Å². The molecule has 0 heterocycles. The summed E-state index contributed by atoms with van der Waals surface area (Å²) in [4.78, 5) is 11.9. The van der Waals surface area contributed by atoms with Crippen LogP contribution in [0.2, 0.25) is 0 Å². The smallest absolute Gasteiger partial charge is 0.305 e. The van der Waals surface area contributed by atoms with Crippen molar-refractivity contribution < 1.29 is 19.0 Å². The normalized spacial score (nSPS) is 10.4. The Morgan fingerprint density at radius 2 is 1.27 bits per heavy atom. The van der Waals surface area contributed by atoms with Gasteiger partial charge in [-0.25, -0.2) is 0 Å². The largest absolute Gasteiger partial charge is 0.466 e. The Morgan fingerprint density at radius 1 is 0.697 bits per heavy atom. The van der Waals surface area contributed by atoms with Crippen LogP contribution in [0.1, 0.15) is 117 Å². The van der Waals surface area contributed by atoms with Crippen LogP contribution in [0.3, 0.4) is 0 Å². The second-order valence-corrected chi connectivity index (χ2v) is 8.95. The van der Waals surface area contributed by atoms with E-state index in [4.69, 9.17) is 14.2 Å². The summed E-state index contributed by atoms with van der Waals surface area (Å²) in [6, 6.07) is 0. The van der Waals surface area contributed by atoms with Crippen molar-refractivity contribution in [1.82, 2.24) is 0 Å². The molecule has 190 valence electrons. The Morgan fingerprint density at radius 3 is 1.85 bits per heavy atom. The number of ether oxygens (including phenoxy) is 3. The number of carbonyl (C=O) groups is 1. The fraction of sp³-hybridized carbons (Fsp3) is 0.821. The fourth-order valence-electron chi connectivity index (χ4n) is 2.97. The average molecular weight is 528 g/mol. The van der Waals surface area contributed by atoms with Crippen molar-refractivity contribution >= 4 is 21.9 Å². The predicted octanol–water partition coefficient (Wildman–Crippen LogP) is 7.57. The summed E-state index contributed by atoms with van der Waals surface area (Å²) < 4.78 is 17.2. The van der Waals surface area contributed by atoms with E-state index in [1.807, 2.05) is 0 Å². The van der Waals surface area contributed by atoms with Crippen LogP contribution in [0.25, 0.3) is 0 Å². The van der Waals surface area contributed by atoms with Gasteiger partial charge >= 0.3 is 5.97 Å². The molecule has 5 heteroatoms. The van der Waals surface area contributed by atoms with Crippen molar-refractivity contribution in [2.75, 3.05) is 25.2 Å². The molecule has 0 aliphatic carbocycles. The molecule has 0 aromatic carbocycles. The lowest BCUT2D eigenvalue weighted by molar-refractivity contribution is -0.147. The van der Waals surface area contributed by atoms with E-state index in [1.54, 1.807) is 0 Å². The molecule has 0 rings (SSSR count). The first-order chi connectivity index (χ1) is 16.2. The zero-order valence-electron chi connectivity index (χ0n) is 21.2. The molecular weight excluding hydrogens is 480 g/mol. The molecule has 0 bridgehead atoms. The quantitative estimate of drug-likeness (QED) is 0.0508. The van der Waals surface area contributed by atoms with Gasteiger partial charge in [-0.3, -0.25) is 4.79 Å². The van der Waals surface area contributed by atoms with Crippen LogP contribution in [0.5, 0.6) is 0 Å². The molecule has 0 aromatic rings.